The number of Topliss-reactive ketones (excluding diaryl/α,β-unsaturated/α-hetero) is 1. The van der Waals surface area contributed by atoms with Crippen LogP contribution in [-0.2, 0) is 11.2 Å². The molecule has 0 spiro atoms. The summed E-state index contributed by atoms with van der Waals surface area (Å²) in [7, 11) is 0. The summed E-state index contributed by atoms with van der Waals surface area (Å²) in [5.41, 5.74) is 1.40. The first-order valence-corrected chi connectivity index (χ1v) is 4.85. The fourth-order valence-electron chi connectivity index (χ4n) is 1.47. The number of aromatic hydroxyl groups is 1. The zero-order valence-corrected chi connectivity index (χ0v) is 8.79. The van der Waals surface area contributed by atoms with Gasteiger partial charge in [0, 0.05) is 6.07 Å². The summed E-state index contributed by atoms with van der Waals surface area (Å²) in [5, 5.41) is 17.0. The molecule has 5 heteroatoms. The number of benzene rings is 1. The third-order valence-corrected chi connectivity index (χ3v) is 2.12. The van der Waals surface area contributed by atoms with Crippen LogP contribution in [0.5, 0.6) is 5.75 Å². The van der Waals surface area contributed by atoms with Gasteiger partial charge in [0.25, 0.3) is 0 Å². The molecule has 0 atom stereocenters. The van der Waals surface area contributed by atoms with Crippen molar-refractivity contribution in [3.8, 4) is 11.4 Å². The predicted octanol–water partition coefficient (Wildman–Crippen LogP) is 1.10. The molecule has 1 aromatic heterocycles. The van der Waals surface area contributed by atoms with E-state index in [0.29, 0.717) is 11.4 Å². The van der Waals surface area contributed by atoms with Crippen LogP contribution in [0.2, 0.25) is 0 Å². The largest absolute Gasteiger partial charge is 0.508 e. The first kappa shape index (κ1) is 10.4. The van der Waals surface area contributed by atoms with Crippen LogP contribution in [0.15, 0.2) is 30.5 Å². The molecule has 2 rings (SSSR count). The van der Waals surface area contributed by atoms with Gasteiger partial charge in [-0.15, -0.1) is 5.10 Å². The lowest BCUT2D eigenvalue weighted by Crippen LogP contribution is -2.06. The molecular formula is C11H11N3O2. The Morgan fingerprint density at radius 3 is 3.00 bits per heavy atom. The SMILES string of the molecule is CC(=O)Cc1cnnn1-c1cccc(O)c1. The fraction of sp³-hybridized carbons (Fsp3) is 0.182. The van der Waals surface area contributed by atoms with E-state index in [1.807, 2.05) is 0 Å². The van der Waals surface area contributed by atoms with Crippen LogP contribution < -0.4 is 0 Å². The number of phenols is 1. The second kappa shape index (κ2) is 4.14. The van der Waals surface area contributed by atoms with Crippen molar-refractivity contribution in [3.05, 3.63) is 36.2 Å². The Bertz CT molecular complexity index is 519. The Balaban J connectivity index is 2.40. The average Bonchev–Trinajstić information content (AvgIpc) is 2.65. The number of carbonyl (C=O) groups excluding carboxylic acids is 1. The van der Waals surface area contributed by atoms with Gasteiger partial charge in [-0.05, 0) is 19.1 Å². The lowest BCUT2D eigenvalue weighted by atomic mass is 10.2. The zero-order valence-electron chi connectivity index (χ0n) is 8.79. The average molecular weight is 217 g/mol. The van der Waals surface area contributed by atoms with Gasteiger partial charge in [0.2, 0.25) is 0 Å². The molecule has 0 radical (unpaired) electrons. The van der Waals surface area contributed by atoms with Crippen LogP contribution in [0.4, 0.5) is 0 Å². The van der Waals surface area contributed by atoms with E-state index >= 15 is 0 Å². The zero-order chi connectivity index (χ0) is 11.5. The van der Waals surface area contributed by atoms with E-state index in [9.17, 15) is 9.90 Å². The highest BCUT2D eigenvalue weighted by molar-refractivity contribution is 5.77. The number of hydrogen-bond donors (Lipinski definition) is 1. The van der Waals surface area contributed by atoms with E-state index in [1.165, 1.54) is 6.92 Å². The number of phenolic OH excluding ortho intramolecular Hbond substituents is 1. The Morgan fingerprint density at radius 1 is 1.50 bits per heavy atom. The molecule has 0 amide bonds. The van der Waals surface area contributed by atoms with Gasteiger partial charge in [-0.2, -0.15) is 0 Å². The van der Waals surface area contributed by atoms with Gasteiger partial charge in [0.15, 0.2) is 0 Å². The summed E-state index contributed by atoms with van der Waals surface area (Å²) in [5.74, 6) is 0.200. The van der Waals surface area contributed by atoms with Crippen LogP contribution in [0.25, 0.3) is 5.69 Å². The van der Waals surface area contributed by atoms with Gasteiger partial charge < -0.3 is 5.11 Å². The summed E-state index contributed by atoms with van der Waals surface area (Å²) in [4.78, 5) is 11.0. The molecule has 0 saturated heterocycles. The summed E-state index contributed by atoms with van der Waals surface area (Å²) in [6.45, 7) is 1.51. The van der Waals surface area contributed by atoms with Crippen molar-refractivity contribution >= 4 is 5.78 Å². The fourth-order valence-corrected chi connectivity index (χ4v) is 1.47. The molecule has 0 bridgehead atoms. The summed E-state index contributed by atoms with van der Waals surface area (Å²) in [6.07, 6.45) is 1.83. The third kappa shape index (κ3) is 2.08. The van der Waals surface area contributed by atoms with Gasteiger partial charge in [-0.1, -0.05) is 11.3 Å². The summed E-state index contributed by atoms with van der Waals surface area (Å²) < 4.78 is 1.54. The minimum Gasteiger partial charge on any atom is -0.508 e. The molecule has 1 aromatic carbocycles. The highest BCUT2D eigenvalue weighted by atomic mass is 16.3. The number of rotatable bonds is 3. The smallest absolute Gasteiger partial charge is 0.135 e. The second-order valence-electron chi connectivity index (χ2n) is 3.54. The van der Waals surface area contributed by atoms with Gasteiger partial charge in [0.05, 0.1) is 24.0 Å². The summed E-state index contributed by atoms with van der Waals surface area (Å²) in [6, 6.07) is 6.64. The molecule has 0 unspecified atom stereocenters. The van der Waals surface area contributed by atoms with Crippen LogP contribution in [0.1, 0.15) is 12.6 Å². The lowest BCUT2D eigenvalue weighted by molar-refractivity contribution is -0.116. The summed E-state index contributed by atoms with van der Waals surface area (Å²) >= 11 is 0. The molecule has 5 nitrogen and oxygen atoms in total. The maximum absolute atomic E-state index is 11.0. The number of nitrogens with zero attached hydrogens (tertiary/aromatic N) is 3. The topological polar surface area (TPSA) is 68.0 Å². The maximum atomic E-state index is 11.0. The van der Waals surface area contributed by atoms with E-state index in [0.717, 1.165) is 0 Å². The molecule has 0 saturated carbocycles. The molecule has 82 valence electrons. The molecule has 0 aliphatic carbocycles. The van der Waals surface area contributed by atoms with E-state index in [4.69, 9.17) is 0 Å². The van der Waals surface area contributed by atoms with Gasteiger partial charge >= 0.3 is 0 Å². The van der Waals surface area contributed by atoms with E-state index in [-0.39, 0.29) is 18.0 Å². The van der Waals surface area contributed by atoms with Crippen molar-refractivity contribution in [2.75, 3.05) is 0 Å². The molecule has 2 aromatic rings. The van der Waals surface area contributed by atoms with Crippen LogP contribution in [-0.4, -0.2) is 25.9 Å². The second-order valence-corrected chi connectivity index (χ2v) is 3.54. The van der Waals surface area contributed by atoms with Gasteiger partial charge in [-0.3, -0.25) is 4.79 Å². The minimum atomic E-state index is 0.0451. The van der Waals surface area contributed by atoms with Gasteiger partial charge in [-0.25, -0.2) is 4.68 Å². The van der Waals surface area contributed by atoms with Crippen molar-refractivity contribution in [3.63, 3.8) is 0 Å². The Labute approximate surface area is 92.3 Å². The number of carbonyl (C=O) groups is 1. The van der Waals surface area contributed by atoms with E-state index in [1.54, 1.807) is 35.1 Å². The van der Waals surface area contributed by atoms with E-state index in [2.05, 4.69) is 10.3 Å². The maximum Gasteiger partial charge on any atom is 0.135 e. The normalized spacial score (nSPS) is 10.3. The number of hydrogen-bond acceptors (Lipinski definition) is 4. The number of ketones is 1. The Hall–Kier alpha value is -2.17. The first-order valence-electron chi connectivity index (χ1n) is 4.85. The molecular weight excluding hydrogens is 206 g/mol. The highest BCUT2D eigenvalue weighted by Gasteiger charge is 2.08. The molecule has 0 aliphatic heterocycles. The van der Waals surface area contributed by atoms with Crippen molar-refractivity contribution in [2.45, 2.75) is 13.3 Å². The van der Waals surface area contributed by atoms with Crippen molar-refractivity contribution in [2.24, 2.45) is 0 Å². The quantitative estimate of drug-likeness (QED) is 0.836. The van der Waals surface area contributed by atoms with Crippen molar-refractivity contribution in [1.82, 2.24) is 15.0 Å². The first-order chi connectivity index (χ1) is 7.66. The standard InChI is InChI=1S/C11H11N3O2/c1-8(15)5-10-7-12-13-14(10)9-3-2-4-11(16)6-9/h2-4,6-7,16H,5H2,1H3. The predicted molar refractivity (Wildman–Crippen MR) is 57.4 cm³/mol. The third-order valence-electron chi connectivity index (χ3n) is 2.12. The molecule has 16 heavy (non-hydrogen) atoms. The number of aromatic nitrogens is 3. The van der Waals surface area contributed by atoms with Crippen molar-refractivity contribution in [1.29, 1.82) is 0 Å². The van der Waals surface area contributed by atoms with Gasteiger partial charge in [0.1, 0.15) is 11.5 Å². The van der Waals surface area contributed by atoms with Crippen LogP contribution in [0, 0.1) is 0 Å². The van der Waals surface area contributed by atoms with Crippen LogP contribution in [0.3, 0.4) is 0 Å². The highest BCUT2D eigenvalue weighted by Crippen LogP contribution is 2.15. The molecule has 0 fully saturated rings. The Kier molecular flexibility index (Phi) is 2.68. The molecule has 0 aliphatic rings. The Morgan fingerprint density at radius 2 is 2.31 bits per heavy atom. The lowest BCUT2D eigenvalue weighted by Gasteiger charge is -2.04. The van der Waals surface area contributed by atoms with Crippen molar-refractivity contribution < 1.29 is 9.90 Å². The minimum absolute atomic E-state index is 0.0451. The monoisotopic (exact) mass is 217 g/mol. The molecule has 1 N–H and O–H groups in total. The van der Waals surface area contributed by atoms with Crippen LogP contribution >= 0.6 is 0 Å². The van der Waals surface area contributed by atoms with E-state index < -0.39 is 0 Å². The molecule has 1 heterocycles.